The van der Waals surface area contributed by atoms with E-state index in [-0.39, 0.29) is 21.9 Å². The summed E-state index contributed by atoms with van der Waals surface area (Å²) in [5.74, 6) is -0.849. The number of furan rings is 1. The second-order valence-corrected chi connectivity index (χ2v) is 10.9. The maximum atomic E-state index is 9.66. The van der Waals surface area contributed by atoms with E-state index in [1.54, 1.807) is 18.2 Å². The largest absolute Gasteiger partial charge is 0.455 e. The molecule has 0 saturated carbocycles. The molecule has 10 aromatic rings. The van der Waals surface area contributed by atoms with Crippen molar-refractivity contribution in [3.8, 4) is 44.7 Å². The number of benzene rings is 9. The summed E-state index contributed by atoms with van der Waals surface area (Å²) in [7, 11) is 0. The summed E-state index contributed by atoms with van der Waals surface area (Å²) >= 11 is 0. The van der Waals surface area contributed by atoms with Crippen molar-refractivity contribution in [1.29, 1.82) is 0 Å². The fraction of sp³-hybridized carbons (Fsp3) is 0. The van der Waals surface area contributed by atoms with Gasteiger partial charge in [0.2, 0.25) is 0 Å². The summed E-state index contributed by atoms with van der Waals surface area (Å²) in [6, 6.07) is -14.1. The van der Waals surface area contributed by atoms with Crippen LogP contribution in [-0.4, -0.2) is 0 Å². The van der Waals surface area contributed by atoms with Crippen LogP contribution in [0.2, 0.25) is 0 Å². The Kier molecular flexibility index (Phi) is 2.84. The molecule has 0 atom stereocenters. The van der Waals surface area contributed by atoms with Gasteiger partial charge in [-0.05, 0) is 59.8 Å². The van der Waals surface area contributed by atoms with Gasteiger partial charge in [0.05, 0.1) is 34.3 Å². The Morgan fingerprint density at radius 3 is 1.63 bits per heavy atom. The first kappa shape index (κ1) is 12.5. The van der Waals surface area contributed by atoms with Crippen LogP contribution in [0.1, 0.15) is 34.3 Å². The molecule has 0 radical (unpaired) electrons. The SMILES string of the molecule is [2H]c1c([2H])c([2H])c(-c2c([2H])c([2H])c([2H])c3c(-c4c5c([2H])c([2H])c([2H])c([2H])c5c(-c5ccccc5)c5c([2H])c([2H])c([2H])c([2H])c45)c(-c4c([2H])c([2H])c([2H])c5c4c([2H])c([2H])c4c([2H])c([2H])c([2H])c([2H])c45)oc23)c([2H])c1[2H]. The highest BCUT2D eigenvalue weighted by molar-refractivity contribution is 6.26. The number of hydrogen-bond acceptors (Lipinski definition) is 1. The molecule has 10 rings (SSSR count). The van der Waals surface area contributed by atoms with E-state index in [1.165, 1.54) is 12.1 Å². The molecular formula is C48H30O. The Morgan fingerprint density at radius 2 is 0.918 bits per heavy atom. The first-order valence-electron chi connectivity index (χ1n) is 27.3. The van der Waals surface area contributed by atoms with Crippen LogP contribution in [0.15, 0.2) is 186 Å². The Balaban J connectivity index is 1.63. The van der Waals surface area contributed by atoms with Crippen LogP contribution < -0.4 is 0 Å². The minimum Gasteiger partial charge on any atom is -0.455 e. The third-order valence-corrected chi connectivity index (χ3v) is 8.30. The molecule has 0 spiro atoms. The standard InChI is InChI=1S/C48H30O/c1-3-15-31(16-4-1)35-25-13-28-43-46(48(49-47(35)43)42-27-14-26-36-34-20-8-7-17-32(34)29-30-37(36)42)45-40-23-11-9-21-38(40)44(33-18-5-2-6-19-33)39-22-10-12-24-41(39)45/h1-30H/i1D,3D,4D,7D,8D,9D,10D,11D,12D,13D,14D,15D,16D,17D,20D,21D,22D,23D,24D,25D,26D,27D,28D,29D,30D. The quantitative estimate of drug-likeness (QED) is 0.137. The van der Waals surface area contributed by atoms with E-state index in [0.717, 1.165) is 0 Å². The van der Waals surface area contributed by atoms with Crippen LogP contribution >= 0.6 is 0 Å². The second-order valence-electron chi connectivity index (χ2n) is 10.9. The van der Waals surface area contributed by atoms with E-state index in [1.807, 2.05) is 0 Å². The molecule has 0 N–H and O–H groups in total. The summed E-state index contributed by atoms with van der Waals surface area (Å²) in [5, 5.41) is -4.80. The average molecular weight is 648 g/mol. The van der Waals surface area contributed by atoms with Gasteiger partial charge >= 0.3 is 0 Å². The van der Waals surface area contributed by atoms with Gasteiger partial charge in [0.25, 0.3) is 0 Å². The first-order valence-corrected chi connectivity index (χ1v) is 14.8. The molecule has 1 heteroatoms. The number of hydrogen-bond donors (Lipinski definition) is 0. The topological polar surface area (TPSA) is 13.1 Å². The van der Waals surface area contributed by atoms with Crippen molar-refractivity contribution < 1.29 is 38.7 Å². The second kappa shape index (κ2) is 11.1. The predicted molar refractivity (Wildman–Crippen MR) is 208 cm³/mol. The molecule has 49 heavy (non-hydrogen) atoms. The zero-order valence-electron chi connectivity index (χ0n) is 49.8. The van der Waals surface area contributed by atoms with E-state index in [2.05, 4.69) is 0 Å². The van der Waals surface area contributed by atoms with E-state index in [9.17, 15) is 16.4 Å². The molecule has 9 aromatic carbocycles. The van der Waals surface area contributed by atoms with Crippen LogP contribution in [0.3, 0.4) is 0 Å². The summed E-state index contributed by atoms with van der Waals surface area (Å²) in [4.78, 5) is 0. The van der Waals surface area contributed by atoms with Crippen molar-refractivity contribution >= 4 is 54.1 Å². The van der Waals surface area contributed by atoms with Gasteiger partial charge in [-0.2, -0.15) is 0 Å². The molecule has 0 fully saturated rings. The minimum absolute atomic E-state index is 0.125. The zero-order valence-corrected chi connectivity index (χ0v) is 24.8. The Bertz CT molecular complexity index is 4190. The minimum atomic E-state index is -0.999. The summed E-state index contributed by atoms with van der Waals surface area (Å²) in [6.07, 6.45) is 0. The third kappa shape index (κ3) is 4.26. The van der Waals surface area contributed by atoms with Crippen LogP contribution in [0, 0.1) is 0 Å². The lowest BCUT2D eigenvalue weighted by atomic mass is 9.84. The van der Waals surface area contributed by atoms with Gasteiger partial charge in [-0.3, -0.25) is 0 Å². The molecule has 0 amide bonds. The number of fused-ring (bicyclic) bond motifs is 6. The van der Waals surface area contributed by atoms with Gasteiger partial charge < -0.3 is 4.42 Å². The lowest BCUT2D eigenvalue weighted by Gasteiger charge is -2.18. The van der Waals surface area contributed by atoms with Gasteiger partial charge in [-0.25, -0.2) is 0 Å². The normalized spacial score (nSPS) is 18.8. The molecular weight excluding hydrogens is 593 g/mol. The molecule has 0 aliphatic rings. The van der Waals surface area contributed by atoms with E-state index >= 15 is 0 Å². The first-order chi connectivity index (χ1) is 34.7. The van der Waals surface area contributed by atoms with Crippen molar-refractivity contribution in [2.45, 2.75) is 0 Å². The van der Waals surface area contributed by atoms with Gasteiger partial charge in [0.15, 0.2) is 0 Å². The smallest absolute Gasteiger partial charge is 0.143 e. The van der Waals surface area contributed by atoms with Crippen LogP contribution in [-0.2, 0) is 0 Å². The third-order valence-electron chi connectivity index (χ3n) is 8.30. The molecule has 228 valence electrons. The average Bonchev–Trinajstić information content (AvgIpc) is 3.77. The van der Waals surface area contributed by atoms with Crippen molar-refractivity contribution in [3.05, 3.63) is 181 Å². The highest BCUT2D eigenvalue weighted by Gasteiger charge is 2.26. The highest BCUT2D eigenvalue weighted by atomic mass is 16.3. The van der Waals surface area contributed by atoms with Crippen molar-refractivity contribution in [2.24, 2.45) is 0 Å². The molecule has 0 aliphatic heterocycles. The Morgan fingerprint density at radius 1 is 0.347 bits per heavy atom. The zero-order chi connectivity index (χ0) is 54.1. The maximum Gasteiger partial charge on any atom is 0.143 e. The van der Waals surface area contributed by atoms with Crippen molar-refractivity contribution in [3.63, 3.8) is 0 Å². The molecule has 0 bridgehead atoms. The van der Waals surface area contributed by atoms with Gasteiger partial charge in [-0.15, -0.1) is 0 Å². The number of para-hydroxylation sites is 1. The van der Waals surface area contributed by atoms with E-state index in [4.69, 9.17) is 22.2 Å². The maximum absolute atomic E-state index is 9.66. The molecule has 1 heterocycles. The highest BCUT2D eigenvalue weighted by Crippen LogP contribution is 2.51. The lowest BCUT2D eigenvalue weighted by molar-refractivity contribution is 0.634. The molecule has 0 unspecified atom stereocenters. The number of rotatable bonds is 4. The summed E-state index contributed by atoms with van der Waals surface area (Å²) in [5.41, 5.74) is -4.24. The van der Waals surface area contributed by atoms with Crippen LogP contribution in [0.5, 0.6) is 0 Å². The monoisotopic (exact) mass is 647 g/mol. The van der Waals surface area contributed by atoms with E-state index in [0.29, 0.717) is 0 Å². The summed E-state index contributed by atoms with van der Waals surface area (Å²) in [6.45, 7) is 0. The van der Waals surface area contributed by atoms with Crippen molar-refractivity contribution in [2.75, 3.05) is 0 Å². The fourth-order valence-corrected chi connectivity index (χ4v) is 6.28. The van der Waals surface area contributed by atoms with Gasteiger partial charge in [0, 0.05) is 27.6 Å². The van der Waals surface area contributed by atoms with Crippen molar-refractivity contribution in [1.82, 2.24) is 0 Å². The summed E-state index contributed by atoms with van der Waals surface area (Å²) < 4.78 is 234. The lowest BCUT2D eigenvalue weighted by Crippen LogP contribution is -1.92. The fourth-order valence-electron chi connectivity index (χ4n) is 6.28. The van der Waals surface area contributed by atoms with Crippen LogP contribution in [0.4, 0.5) is 0 Å². The molecule has 0 saturated heterocycles. The Labute approximate surface area is 319 Å². The van der Waals surface area contributed by atoms with Gasteiger partial charge in [0.1, 0.15) is 11.3 Å². The van der Waals surface area contributed by atoms with E-state index < -0.39 is 228 Å². The Hall–Kier alpha value is -6.44. The van der Waals surface area contributed by atoms with Gasteiger partial charge in [-0.1, -0.05) is 181 Å². The molecule has 1 nitrogen and oxygen atoms in total. The molecule has 1 aromatic heterocycles. The predicted octanol–water partition coefficient (Wildman–Crippen LogP) is 13.7. The van der Waals surface area contributed by atoms with Crippen LogP contribution in [0.25, 0.3) is 98.8 Å². The molecule has 0 aliphatic carbocycles.